The number of anilines is 1. The van der Waals surface area contributed by atoms with E-state index in [0.29, 0.717) is 12.1 Å². The Morgan fingerprint density at radius 3 is 2.70 bits per heavy atom. The number of rotatable bonds is 3. The van der Waals surface area contributed by atoms with Crippen molar-refractivity contribution in [1.29, 1.82) is 0 Å². The van der Waals surface area contributed by atoms with E-state index in [1.807, 2.05) is 32.0 Å². The van der Waals surface area contributed by atoms with Gasteiger partial charge >= 0.3 is 0 Å². The molecule has 1 aliphatic heterocycles. The second-order valence-corrected chi connectivity index (χ2v) is 5.65. The molecule has 0 saturated carbocycles. The van der Waals surface area contributed by atoms with E-state index in [4.69, 9.17) is 4.84 Å². The van der Waals surface area contributed by atoms with E-state index in [1.54, 1.807) is 12.1 Å². The lowest BCUT2D eigenvalue weighted by Crippen LogP contribution is -2.28. The molecule has 118 valence electrons. The minimum absolute atomic E-state index is 0.237. The van der Waals surface area contributed by atoms with Gasteiger partial charge in [-0.15, -0.1) is 0 Å². The van der Waals surface area contributed by atoms with Gasteiger partial charge in [0.05, 0.1) is 5.71 Å². The molecule has 0 aliphatic carbocycles. The molecular weight excluding hydrogens is 295 g/mol. The van der Waals surface area contributed by atoms with E-state index in [0.717, 1.165) is 22.4 Å². The molecule has 4 nitrogen and oxygen atoms in total. The molecule has 1 atom stereocenters. The first-order valence-corrected chi connectivity index (χ1v) is 7.39. The van der Waals surface area contributed by atoms with Gasteiger partial charge in [0.2, 0.25) is 6.10 Å². The third kappa shape index (κ3) is 3.39. The zero-order valence-corrected chi connectivity index (χ0v) is 13.0. The number of halogens is 1. The van der Waals surface area contributed by atoms with Crippen LogP contribution in [0.3, 0.4) is 0 Å². The van der Waals surface area contributed by atoms with E-state index in [9.17, 15) is 9.18 Å². The van der Waals surface area contributed by atoms with Crippen LogP contribution in [0.4, 0.5) is 10.1 Å². The molecular formula is C18H17FN2O2. The number of aryl methyl sites for hydroxylation is 2. The monoisotopic (exact) mass is 312 g/mol. The molecule has 0 fully saturated rings. The zero-order valence-electron chi connectivity index (χ0n) is 13.0. The quantitative estimate of drug-likeness (QED) is 0.942. The van der Waals surface area contributed by atoms with Crippen LogP contribution in [0, 0.1) is 19.7 Å². The number of nitrogens with zero attached hydrogens (tertiary/aromatic N) is 1. The SMILES string of the molecule is Cc1ccc(C)c(NC(=O)C2CC(c3ccc(F)cc3)=NO2)c1. The molecule has 5 heteroatoms. The third-order valence-corrected chi connectivity index (χ3v) is 3.79. The lowest BCUT2D eigenvalue weighted by atomic mass is 10.0. The molecule has 0 spiro atoms. The summed E-state index contributed by atoms with van der Waals surface area (Å²) in [5.41, 5.74) is 4.23. The van der Waals surface area contributed by atoms with Gasteiger partial charge in [-0.2, -0.15) is 0 Å². The minimum atomic E-state index is -0.671. The summed E-state index contributed by atoms with van der Waals surface area (Å²) in [7, 11) is 0. The van der Waals surface area contributed by atoms with E-state index < -0.39 is 6.10 Å². The zero-order chi connectivity index (χ0) is 16.4. The van der Waals surface area contributed by atoms with Crippen molar-refractivity contribution >= 4 is 17.3 Å². The maximum Gasteiger partial charge on any atom is 0.268 e. The first-order chi connectivity index (χ1) is 11.0. The van der Waals surface area contributed by atoms with Crippen LogP contribution < -0.4 is 5.32 Å². The second-order valence-electron chi connectivity index (χ2n) is 5.65. The average molecular weight is 312 g/mol. The topological polar surface area (TPSA) is 50.7 Å². The number of nitrogens with one attached hydrogen (secondary N) is 1. The highest BCUT2D eigenvalue weighted by Crippen LogP contribution is 2.21. The van der Waals surface area contributed by atoms with Crippen molar-refractivity contribution in [3.8, 4) is 0 Å². The van der Waals surface area contributed by atoms with Gasteiger partial charge in [-0.1, -0.05) is 29.4 Å². The van der Waals surface area contributed by atoms with Crippen LogP contribution in [-0.2, 0) is 9.63 Å². The highest BCUT2D eigenvalue weighted by molar-refractivity contribution is 6.06. The van der Waals surface area contributed by atoms with Crippen LogP contribution in [0.5, 0.6) is 0 Å². The molecule has 1 heterocycles. The largest absolute Gasteiger partial charge is 0.382 e. The number of carbonyl (C=O) groups is 1. The van der Waals surface area contributed by atoms with Gasteiger partial charge in [0.1, 0.15) is 5.82 Å². The Kier molecular flexibility index (Phi) is 4.10. The van der Waals surface area contributed by atoms with Gasteiger partial charge in [0, 0.05) is 12.1 Å². The Bertz CT molecular complexity index is 769. The highest BCUT2D eigenvalue weighted by atomic mass is 19.1. The predicted molar refractivity (Wildman–Crippen MR) is 87.0 cm³/mol. The van der Waals surface area contributed by atoms with Crippen molar-refractivity contribution < 1.29 is 14.0 Å². The highest BCUT2D eigenvalue weighted by Gasteiger charge is 2.29. The molecule has 1 aliphatic rings. The molecule has 1 amide bonds. The van der Waals surface area contributed by atoms with Crippen LogP contribution in [0.25, 0.3) is 0 Å². The Balaban J connectivity index is 1.66. The number of benzene rings is 2. The second kappa shape index (κ2) is 6.20. The first kappa shape index (κ1) is 15.2. The van der Waals surface area contributed by atoms with E-state index >= 15 is 0 Å². The molecule has 23 heavy (non-hydrogen) atoms. The van der Waals surface area contributed by atoms with Crippen LogP contribution in [0.15, 0.2) is 47.6 Å². The summed E-state index contributed by atoms with van der Waals surface area (Å²) in [6, 6.07) is 11.9. The minimum Gasteiger partial charge on any atom is -0.382 e. The Morgan fingerprint density at radius 2 is 1.96 bits per heavy atom. The van der Waals surface area contributed by atoms with Crippen LogP contribution in [0.1, 0.15) is 23.1 Å². The average Bonchev–Trinajstić information content (AvgIpc) is 3.02. The van der Waals surface area contributed by atoms with Crippen molar-refractivity contribution in [3.63, 3.8) is 0 Å². The predicted octanol–water partition coefficient (Wildman–Crippen LogP) is 3.57. The molecule has 2 aromatic carbocycles. The van der Waals surface area contributed by atoms with Crippen molar-refractivity contribution in [2.24, 2.45) is 5.16 Å². The van der Waals surface area contributed by atoms with Gasteiger partial charge in [-0.05, 0) is 48.7 Å². The molecule has 2 aromatic rings. The van der Waals surface area contributed by atoms with Gasteiger partial charge in [-0.3, -0.25) is 4.79 Å². The van der Waals surface area contributed by atoms with Crippen LogP contribution in [0.2, 0.25) is 0 Å². The molecule has 1 N–H and O–H groups in total. The Labute approximate surface area is 134 Å². The summed E-state index contributed by atoms with van der Waals surface area (Å²) in [6.07, 6.45) is -0.308. The summed E-state index contributed by atoms with van der Waals surface area (Å²) in [6.45, 7) is 3.90. The molecule has 0 aromatic heterocycles. The van der Waals surface area contributed by atoms with Gasteiger partial charge in [0.25, 0.3) is 5.91 Å². The summed E-state index contributed by atoms with van der Waals surface area (Å²) >= 11 is 0. The number of oxime groups is 1. The Morgan fingerprint density at radius 1 is 1.22 bits per heavy atom. The van der Waals surface area contributed by atoms with Gasteiger partial charge in [-0.25, -0.2) is 4.39 Å². The lowest BCUT2D eigenvalue weighted by Gasteiger charge is -2.12. The van der Waals surface area contributed by atoms with E-state index in [-0.39, 0.29) is 11.7 Å². The van der Waals surface area contributed by atoms with Crippen LogP contribution in [-0.4, -0.2) is 17.7 Å². The van der Waals surface area contributed by atoms with Crippen molar-refractivity contribution in [1.82, 2.24) is 0 Å². The fourth-order valence-corrected chi connectivity index (χ4v) is 2.41. The van der Waals surface area contributed by atoms with E-state index in [1.165, 1.54) is 12.1 Å². The standard InChI is InChI=1S/C18H17FN2O2/c1-11-3-4-12(2)15(9-11)20-18(22)17-10-16(21-23-17)13-5-7-14(19)8-6-13/h3-9,17H,10H2,1-2H3,(H,20,22). The molecule has 0 bridgehead atoms. The van der Waals surface area contributed by atoms with Crippen molar-refractivity contribution in [2.45, 2.75) is 26.4 Å². The lowest BCUT2D eigenvalue weighted by molar-refractivity contribution is -0.125. The van der Waals surface area contributed by atoms with E-state index in [2.05, 4.69) is 10.5 Å². The number of carbonyl (C=O) groups excluding carboxylic acids is 1. The maximum absolute atomic E-state index is 13.0. The van der Waals surface area contributed by atoms with Crippen molar-refractivity contribution in [2.75, 3.05) is 5.32 Å². The first-order valence-electron chi connectivity index (χ1n) is 7.39. The fourth-order valence-electron chi connectivity index (χ4n) is 2.41. The third-order valence-electron chi connectivity index (χ3n) is 3.79. The van der Waals surface area contributed by atoms with Crippen LogP contribution >= 0.6 is 0 Å². The summed E-state index contributed by atoms with van der Waals surface area (Å²) in [4.78, 5) is 17.6. The molecule has 3 rings (SSSR count). The summed E-state index contributed by atoms with van der Waals surface area (Å²) < 4.78 is 13.0. The van der Waals surface area contributed by atoms with Gasteiger partial charge < -0.3 is 10.2 Å². The van der Waals surface area contributed by atoms with Gasteiger partial charge in [0.15, 0.2) is 0 Å². The number of hydrogen-bond acceptors (Lipinski definition) is 3. The Hall–Kier alpha value is -2.69. The maximum atomic E-state index is 13.0. The molecule has 0 radical (unpaired) electrons. The fraction of sp³-hybridized carbons (Fsp3) is 0.222. The molecule has 0 saturated heterocycles. The summed E-state index contributed by atoms with van der Waals surface area (Å²) in [5.74, 6) is -0.544. The summed E-state index contributed by atoms with van der Waals surface area (Å²) in [5, 5.41) is 6.83. The number of amides is 1. The molecule has 1 unspecified atom stereocenters. The number of hydrogen-bond donors (Lipinski definition) is 1. The van der Waals surface area contributed by atoms with Crippen molar-refractivity contribution in [3.05, 3.63) is 65.0 Å². The smallest absolute Gasteiger partial charge is 0.268 e. The normalized spacial score (nSPS) is 16.7.